The number of hydrogen-bond acceptors (Lipinski definition) is 7. The van der Waals surface area contributed by atoms with Crippen LogP contribution in [0.3, 0.4) is 0 Å². The van der Waals surface area contributed by atoms with E-state index in [1.165, 1.54) is 16.9 Å². The van der Waals surface area contributed by atoms with Crippen molar-refractivity contribution in [2.24, 2.45) is 0 Å². The van der Waals surface area contributed by atoms with E-state index in [1.807, 2.05) is 29.4 Å². The molecule has 2 aliphatic rings. The second-order valence-corrected chi connectivity index (χ2v) is 8.98. The molecule has 1 amide bonds. The van der Waals surface area contributed by atoms with Crippen LogP contribution in [0.4, 0.5) is 0 Å². The van der Waals surface area contributed by atoms with Crippen molar-refractivity contribution in [3.8, 4) is 10.9 Å². The molecule has 6 rings (SSSR count). The number of hydrogen-bond donors (Lipinski definition) is 0. The van der Waals surface area contributed by atoms with E-state index in [2.05, 4.69) is 20.9 Å². The number of aromatic nitrogens is 2. The lowest BCUT2D eigenvalue weighted by atomic mass is 10.1. The number of ether oxygens (including phenoxy) is 1. The van der Waals surface area contributed by atoms with E-state index in [0.29, 0.717) is 23.0 Å². The molecule has 7 nitrogen and oxygen atoms in total. The molecular formula is C22H20N4O3S. The normalized spacial score (nSPS) is 21.2. The van der Waals surface area contributed by atoms with Crippen molar-refractivity contribution in [2.75, 3.05) is 13.1 Å². The van der Waals surface area contributed by atoms with Gasteiger partial charge in [0.2, 0.25) is 5.91 Å². The highest BCUT2D eigenvalue weighted by atomic mass is 32.1. The Balaban J connectivity index is 1.20. The SMILES string of the molecule is CC(=O)N1CC2CC1CN2Cc1coc2cc(Oc3nc4cnccc4s3)ccc12. The Morgan fingerprint density at radius 3 is 3.03 bits per heavy atom. The third kappa shape index (κ3) is 2.95. The lowest BCUT2D eigenvalue weighted by Crippen LogP contribution is -2.47. The Hall–Kier alpha value is -2.97. The number of pyridine rings is 1. The average Bonchev–Trinajstić information content (AvgIpc) is 3.50. The third-order valence-electron chi connectivity index (χ3n) is 6.13. The number of furan rings is 1. The van der Waals surface area contributed by atoms with Gasteiger partial charge in [0, 0.05) is 61.9 Å². The second-order valence-electron chi connectivity index (χ2n) is 7.99. The standard InChI is InChI=1S/C22H20N4O3S/c1-13(27)26-11-15-6-16(26)10-25(15)9-14-12-28-20-7-17(2-3-18(14)20)29-22-24-19-8-23-5-4-21(19)30-22/h2-5,7-8,12,15-16H,6,9-11H2,1H3. The molecule has 3 aromatic heterocycles. The van der Waals surface area contributed by atoms with Crippen molar-refractivity contribution in [1.29, 1.82) is 0 Å². The summed E-state index contributed by atoms with van der Waals surface area (Å²) in [5.74, 6) is 0.889. The van der Waals surface area contributed by atoms with Crippen LogP contribution in [0.5, 0.6) is 10.9 Å². The average molecular weight is 420 g/mol. The van der Waals surface area contributed by atoms with E-state index in [-0.39, 0.29) is 5.91 Å². The zero-order valence-electron chi connectivity index (χ0n) is 16.4. The predicted octanol–water partition coefficient (Wildman–Crippen LogP) is 4.03. The zero-order chi connectivity index (χ0) is 20.2. The fourth-order valence-corrected chi connectivity index (χ4v) is 5.50. The molecule has 2 bridgehead atoms. The third-order valence-corrected chi connectivity index (χ3v) is 7.05. The first-order valence-corrected chi connectivity index (χ1v) is 10.9. The van der Waals surface area contributed by atoms with E-state index in [1.54, 1.807) is 19.3 Å². The molecule has 0 N–H and O–H groups in total. The number of carbonyl (C=O) groups is 1. The lowest BCUT2D eigenvalue weighted by molar-refractivity contribution is -0.131. The summed E-state index contributed by atoms with van der Waals surface area (Å²) in [6, 6.07) is 8.65. The van der Waals surface area contributed by atoms with Crippen LogP contribution in [-0.4, -0.2) is 50.8 Å². The number of fused-ring (bicyclic) bond motifs is 4. The number of thiazole rings is 1. The summed E-state index contributed by atoms with van der Waals surface area (Å²) in [6.07, 6.45) is 6.41. The Kier molecular flexibility index (Phi) is 4.04. The largest absolute Gasteiger partial charge is 0.464 e. The van der Waals surface area contributed by atoms with Crippen molar-refractivity contribution < 1.29 is 13.9 Å². The van der Waals surface area contributed by atoms with E-state index in [9.17, 15) is 4.79 Å². The van der Waals surface area contributed by atoms with Crippen LogP contribution in [0.25, 0.3) is 21.2 Å². The summed E-state index contributed by atoms with van der Waals surface area (Å²) < 4.78 is 12.8. The van der Waals surface area contributed by atoms with E-state index in [0.717, 1.165) is 47.2 Å². The number of benzene rings is 1. The van der Waals surface area contributed by atoms with Gasteiger partial charge in [0.05, 0.1) is 17.2 Å². The van der Waals surface area contributed by atoms with Gasteiger partial charge in [-0.15, -0.1) is 0 Å². The van der Waals surface area contributed by atoms with Crippen LogP contribution in [0, 0.1) is 0 Å². The van der Waals surface area contributed by atoms with Gasteiger partial charge in [0.25, 0.3) is 5.19 Å². The first-order valence-electron chi connectivity index (χ1n) is 10.0. The summed E-state index contributed by atoms with van der Waals surface area (Å²) >= 11 is 1.49. The van der Waals surface area contributed by atoms with E-state index >= 15 is 0 Å². The van der Waals surface area contributed by atoms with Crippen LogP contribution < -0.4 is 4.74 Å². The summed E-state index contributed by atoms with van der Waals surface area (Å²) in [5.41, 5.74) is 2.81. The Morgan fingerprint density at radius 2 is 2.23 bits per heavy atom. The van der Waals surface area contributed by atoms with Gasteiger partial charge in [0.1, 0.15) is 16.8 Å². The monoisotopic (exact) mass is 420 g/mol. The second kappa shape index (κ2) is 6.78. The highest BCUT2D eigenvalue weighted by Crippen LogP contribution is 2.35. The highest BCUT2D eigenvalue weighted by Gasteiger charge is 2.44. The van der Waals surface area contributed by atoms with Gasteiger partial charge in [-0.05, 0) is 24.6 Å². The molecular weight excluding hydrogens is 400 g/mol. The van der Waals surface area contributed by atoms with E-state index in [4.69, 9.17) is 9.15 Å². The maximum absolute atomic E-state index is 11.7. The van der Waals surface area contributed by atoms with Gasteiger partial charge in [-0.25, -0.2) is 4.98 Å². The number of nitrogens with zero attached hydrogens (tertiary/aromatic N) is 4. The van der Waals surface area contributed by atoms with Crippen molar-refractivity contribution >= 4 is 38.4 Å². The van der Waals surface area contributed by atoms with Crippen molar-refractivity contribution in [2.45, 2.75) is 32.0 Å². The number of amides is 1. The van der Waals surface area contributed by atoms with Crippen LogP contribution in [0.15, 0.2) is 47.3 Å². The summed E-state index contributed by atoms with van der Waals surface area (Å²) in [4.78, 5) is 24.8. The predicted molar refractivity (Wildman–Crippen MR) is 114 cm³/mol. The molecule has 5 heterocycles. The molecule has 2 saturated heterocycles. The molecule has 2 aliphatic heterocycles. The van der Waals surface area contributed by atoms with Crippen molar-refractivity contribution in [1.82, 2.24) is 19.8 Å². The molecule has 0 spiro atoms. The Labute approximate surface area is 176 Å². The molecule has 0 aliphatic carbocycles. The van der Waals surface area contributed by atoms with Crippen molar-refractivity contribution in [3.63, 3.8) is 0 Å². The van der Waals surface area contributed by atoms with Crippen LogP contribution in [-0.2, 0) is 11.3 Å². The number of piperazine rings is 1. The fourth-order valence-electron chi connectivity index (χ4n) is 4.70. The maximum atomic E-state index is 11.7. The first kappa shape index (κ1) is 17.9. The minimum absolute atomic E-state index is 0.188. The number of likely N-dealkylation sites (tertiary alicyclic amines) is 2. The minimum Gasteiger partial charge on any atom is -0.464 e. The van der Waals surface area contributed by atoms with Gasteiger partial charge in [0.15, 0.2) is 0 Å². The molecule has 152 valence electrons. The summed E-state index contributed by atoms with van der Waals surface area (Å²) in [7, 11) is 0. The maximum Gasteiger partial charge on any atom is 0.279 e. The zero-order valence-corrected chi connectivity index (χ0v) is 17.3. The smallest absolute Gasteiger partial charge is 0.279 e. The first-order chi connectivity index (χ1) is 14.6. The molecule has 30 heavy (non-hydrogen) atoms. The highest BCUT2D eigenvalue weighted by molar-refractivity contribution is 7.20. The summed E-state index contributed by atoms with van der Waals surface area (Å²) in [6.45, 7) is 4.28. The topological polar surface area (TPSA) is 71.7 Å². The van der Waals surface area contributed by atoms with Crippen LogP contribution in [0.1, 0.15) is 18.9 Å². The fraction of sp³-hybridized carbons (Fsp3) is 0.318. The van der Waals surface area contributed by atoms with E-state index < -0.39 is 0 Å². The van der Waals surface area contributed by atoms with Gasteiger partial charge < -0.3 is 14.1 Å². The molecule has 2 fully saturated rings. The van der Waals surface area contributed by atoms with Crippen LogP contribution >= 0.6 is 11.3 Å². The molecule has 0 radical (unpaired) electrons. The summed E-state index contributed by atoms with van der Waals surface area (Å²) in [5, 5.41) is 1.69. The van der Waals surface area contributed by atoms with Crippen LogP contribution in [0.2, 0.25) is 0 Å². The molecule has 2 atom stereocenters. The molecule has 4 aromatic rings. The minimum atomic E-state index is 0.188. The Bertz CT molecular complexity index is 1230. The molecule has 2 unspecified atom stereocenters. The quantitative estimate of drug-likeness (QED) is 0.496. The molecule has 8 heteroatoms. The molecule has 1 aromatic carbocycles. The van der Waals surface area contributed by atoms with Gasteiger partial charge in [-0.2, -0.15) is 0 Å². The van der Waals surface area contributed by atoms with Gasteiger partial charge in [-0.3, -0.25) is 14.7 Å². The molecule has 0 saturated carbocycles. The number of carbonyl (C=O) groups excluding carboxylic acids is 1. The van der Waals surface area contributed by atoms with Gasteiger partial charge in [-0.1, -0.05) is 11.3 Å². The van der Waals surface area contributed by atoms with Gasteiger partial charge >= 0.3 is 0 Å². The van der Waals surface area contributed by atoms with Crippen molar-refractivity contribution in [3.05, 3.63) is 48.5 Å². The lowest BCUT2D eigenvalue weighted by Gasteiger charge is -2.33. The number of rotatable bonds is 4. The Morgan fingerprint density at radius 1 is 1.30 bits per heavy atom.